The Morgan fingerprint density at radius 3 is 2.43 bits per heavy atom. The first-order chi connectivity index (χ1) is 11.3. The van der Waals surface area contributed by atoms with Gasteiger partial charge in [-0.05, 0) is 29.8 Å². The molecule has 1 fully saturated rings. The number of ether oxygens (including phenoxy) is 1. The van der Waals surface area contributed by atoms with E-state index in [0.29, 0.717) is 6.54 Å². The second kappa shape index (κ2) is 7.49. The van der Waals surface area contributed by atoms with Crippen LogP contribution in [-0.2, 0) is 0 Å². The molecule has 3 rings (SSSR count). The zero-order chi connectivity index (χ0) is 16.1. The fourth-order valence-electron chi connectivity index (χ4n) is 3.03. The van der Waals surface area contributed by atoms with Crippen LogP contribution in [0.25, 0.3) is 0 Å². The first-order valence-electron chi connectivity index (χ1n) is 8.10. The van der Waals surface area contributed by atoms with Gasteiger partial charge in [-0.2, -0.15) is 0 Å². The van der Waals surface area contributed by atoms with E-state index in [2.05, 4.69) is 34.1 Å². The Labute approximate surface area is 137 Å². The van der Waals surface area contributed by atoms with Gasteiger partial charge in [0.15, 0.2) is 0 Å². The molecule has 1 atom stereocenters. The van der Waals surface area contributed by atoms with Crippen LogP contribution in [0, 0.1) is 0 Å². The molecule has 0 amide bonds. The maximum Gasteiger partial charge on any atom is 0.119 e. The summed E-state index contributed by atoms with van der Waals surface area (Å²) < 4.78 is 5.23. The number of hydrogen-bond donors (Lipinski definition) is 1. The summed E-state index contributed by atoms with van der Waals surface area (Å²) in [4.78, 5) is 4.72. The van der Waals surface area contributed by atoms with Gasteiger partial charge in [0.05, 0.1) is 13.2 Å². The van der Waals surface area contributed by atoms with Crippen molar-refractivity contribution >= 4 is 5.69 Å². The van der Waals surface area contributed by atoms with E-state index < -0.39 is 6.10 Å². The number of piperazine rings is 1. The molecule has 1 aliphatic heterocycles. The minimum Gasteiger partial charge on any atom is -0.497 e. The predicted octanol–water partition coefficient (Wildman–Crippen LogP) is 2.55. The highest BCUT2D eigenvalue weighted by Gasteiger charge is 2.20. The predicted molar refractivity (Wildman–Crippen MR) is 93.0 cm³/mol. The molecule has 0 aromatic heterocycles. The first kappa shape index (κ1) is 15.8. The zero-order valence-corrected chi connectivity index (χ0v) is 13.6. The van der Waals surface area contributed by atoms with Gasteiger partial charge in [-0.1, -0.05) is 30.3 Å². The van der Waals surface area contributed by atoms with Gasteiger partial charge in [0, 0.05) is 38.4 Å². The van der Waals surface area contributed by atoms with E-state index in [1.807, 2.05) is 30.3 Å². The van der Waals surface area contributed by atoms with Crippen LogP contribution >= 0.6 is 0 Å². The molecule has 1 aliphatic rings. The van der Waals surface area contributed by atoms with E-state index in [4.69, 9.17) is 4.74 Å². The van der Waals surface area contributed by atoms with Crippen LogP contribution in [0.2, 0.25) is 0 Å². The average Bonchev–Trinajstić information content (AvgIpc) is 2.63. The normalized spacial score (nSPS) is 17.0. The van der Waals surface area contributed by atoms with Crippen molar-refractivity contribution in [2.24, 2.45) is 0 Å². The third-order valence-electron chi connectivity index (χ3n) is 4.40. The van der Waals surface area contributed by atoms with Gasteiger partial charge < -0.3 is 14.7 Å². The van der Waals surface area contributed by atoms with E-state index in [9.17, 15) is 5.11 Å². The Bertz CT molecular complexity index is 610. The van der Waals surface area contributed by atoms with E-state index in [1.165, 1.54) is 5.69 Å². The molecule has 23 heavy (non-hydrogen) atoms. The molecule has 0 saturated carbocycles. The first-order valence-corrected chi connectivity index (χ1v) is 8.10. The lowest BCUT2D eigenvalue weighted by molar-refractivity contribution is 0.109. The fraction of sp³-hybridized carbons (Fsp3) is 0.368. The molecule has 2 aromatic rings. The van der Waals surface area contributed by atoms with Crippen molar-refractivity contribution in [2.45, 2.75) is 6.10 Å². The van der Waals surface area contributed by atoms with Crippen molar-refractivity contribution in [3.8, 4) is 5.75 Å². The van der Waals surface area contributed by atoms with Gasteiger partial charge in [-0.25, -0.2) is 0 Å². The molecule has 0 radical (unpaired) electrons. The smallest absolute Gasteiger partial charge is 0.119 e. The number of aliphatic hydroxyl groups is 1. The van der Waals surface area contributed by atoms with Crippen LogP contribution in [0.3, 0.4) is 0 Å². The summed E-state index contributed by atoms with van der Waals surface area (Å²) in [5.74, 6) is 0.787. The van der Waals surface area contributed by atoms with Crippen molar-refractivity contribution in [1.82, 2.24) is 4.90 Å². The molecule has 0 aliphatic carbocycles. The number of aliphatic hydroxyl groups excluding tert-OH is 1. The SMILES string of the molecule is COc1cccc(C(O)CN2CCN(c3ccccc3)CC2)c1. The highest BCUT2D eigenvalue weighted by Crippen LogP contribution is 2.21. The van der Waals surface area contributed by atoms with Crippen LogP contribution < -0.4 is 9.64 Å². The van der Waals surface area contributed by atoms with Gasteiger partial charge in [-0.3, -0.25) is 4.90 Å². The summed E-state index contributed by atoms with van der Waals surface area (Å²) in [5, 5.41) is 10.5. The van der Waals surface area contributed by atoms with Crippen LogP contribution in [0.1, 0.15) is 11.7 Å². The lowest BCUT2D eigenvalue weighted by Gasteiger charge is -2.37. The Morgan fingerprint density at radius 1 is 1.00 bits per heavy atom. The quantitative estimate of drug-likeness (QED) is 0.920. The zero-order valence-electron chi connectivity index (χ0n) is 13.6. The van der Waals surface area contributed by atoms with Crippen molar-refractivity contribution < 1.29 is 9.84 Å². The lowest BCUT2D eigenvalue weighted by Crippen LogP contribution is -2.47. The van der Waals surface area contributed by atoms with Crippen molar-refractivity contribution in [3.63, 3.8) is 0 Å². The molecule has 1 heterocycles. The molecule has 122 valence electrons. The second-order valence-corrected chi connectivity index (χ2v) is 5.92. The fourth-order valence-corrected chi connectivity index (χ4v) is 3.03. The Balaban J connectivity index is 1.54. The molecule has 1 unspecified atom stereocenters. The van der Waals surface area contributed by atoms with Gasteiger partial charge in [0.1, 0.15) is 5.75 Å². The maximum atomic E-state index is 10.5. The van der Waals surface area contributed by atoms with Gasteiger partial charge in [-0.15, -0.1) is 0 Å². The number of nitrogens with zero attached hydrogens (tertiary/aromatic N) is 2. The molecule has 1 N–H and O–H groups in total. The summed E-state index contributed by atoms with van der Waals surface area (Å²) in [7, 11) is 1.65. The Kier molecular flexibility index (Phi) is 5.16. The molecule has 4 nitrogen and oxygen atoms in total. The largest absolute Gasteiger partial charge is 0.497 e. The average molecular weight is 312 g/mol. The minimum atomic E-state index is -0.478. The molecule has 0 bridgehead atoms. The highest BCUT2D eigenvalue weighted by atomic mass is 16.5. The van der Waals surface area contributed by atoms with Crippen molar-refractivity contribution in [3.05, 3.63) is 60.2 Å². The summed E-state index contributed by atoms with van der Waals surface area (Å²) in [5.41, 5.74) is 2.19. The summed E-state index contributed by atoms with van der Waals surface area (Å²) in [6.45, 7) is 4.59. The summed E-state index contributed by atoms with van der Waals surface area (Å²) in [6.07, 6.45) is -0.478. The third kappa shape index (κ3) is 4.03. The minimum absolute atomic E-state index is 0.478. The number of β-amino-alcohol motifs (C(OH)–C–C–N with tert-alkyl or cyclic N) is 1. The van der Waals surface area contributed by atoms with Gasteiger partial charge >= 0.3 is 0 Å². The van der Waals surface area contributed by atoms with Crippen molar-refractivity contribution in [2.75, 3.05) is 44.7 Å². The number of para-hydroxylation sites is 1. The Hall–Kier alpha value is -2.04. The summed E-state index contributed by atoms with van der Waals surface area (Å²) in [6, 6.07) is 18.2. The van der Waals surface area contributed by atoms with E-state index in [-0.39, 0.29) is 0 Å². The maximum absolute atomic E-state index is 10.5. The molecule has 0 spiro atoms. The highest BCUT2D eigenvalue weighted by molar-refractivity contribution is 5.46. The molecular formula is C19H24N2O2. The number of hydrogen-bond acceptors (Lipinski definition) is 4. The standard InChI is InChI=1S/C19H24N2O2/c1-23-18-9-5-6-16(14-18)19(22)15-20-10-12-21(13-11-20)17-7-3-2-4-8-17/h2-9,14,19,22H,10-13,15H2,1H3. The number of anilines is 1. The lowest BCUT2D eigenvalue weighted by atomic mass is 10.1. The Morgan fingerprint density at radius 2 is 1.74 bits per heavy atom. The number of benzene rings is 2. The second-order valence-electron chi connectivity index (χ2n) is 5.92. The molecule has 2 aromatic carbocycles. The van der Waals surface area contributed by atoms with Crippen molar-refractivity contribution in [1.29, 1.82) is 0 Å². The van der Waals surface area contributed by atoms with Gasteiger partial charge in [0.25, 0.3) is 0 Å². The number of rotatable bonds is 5. The molecular weight excluding hydrogens is 288 g/mol. The van der Waals surface area contributed by atoms with E-state index >= 15 is 0 Å². The number of methoxy groups -OCH3 is 1. The van der Waals surface area contributed by atoms with Gasteiger partial charge in [0.2, 0.25) is 0 Å². The molecule has 4 heteroatoms. The monoisotopic (exact) mass is 312 g/mol. The van der Waals surface area contributed by atoms with E-state index in [1.54, 1.807) is 7.11 Å². The third-order valence-corrected chi connectivity index (χ3v) is 4.40. The van der Waals surface area contributed by atoms with Crippen LogP contribution in [-0.4, -0.2) is 49.8 Å². The van der Waals surface area contributed by atoms with E-state index in [0.717, 1.165) is 37.5 Å². The van der Waals surface area contributed by atoms with Crippen LogP contribution in [0.5, 0.6) is 5.75 Å². The summed E-state index contributed by atoms with van der Waals surface area (Å²) >= 11 is 0. The van der Waals surface area contributed by atoms with Crippen LogP contribution in [0.4, 0.5) is 5.69 Å². The molecule has 1 saturated heterocycles. The van der Waals surface area contributed by atoms with Crippen LogP contribution in [0.15, 0.2) is 54.6 Å². The topological polar surface area (TPSA) is 35.9 Å².